The molecule has 0 aliphatic rings. The van der Waals surface area contributed by atoms with Crippen molar-refractivity contribution in [1.29, 1.82) is 0 Å². The van der Waals surface area contributed by atoms with E-state index in [-0.39, 0.29) is 6.61 Å². The summed E-state index contributed by atoms with van der Waals surface area (Å²) in [7, 11) is 0. The van der Waals surface area contributed by atoms with E-state index in [4.69, 9.17) is 5.11 Å². The largest absolute Gasteiger partial charge is 0.392 e. The Hall–Kier alpha value is -1.60. The van der Waals surface area contributed by atoms with Crippen molar-refractivity contribution in [3.05, 3.63) is 66.8 Å². The number of aliphatic hydroxyl groups is 1. The predicted octanol–water partition coefficient (Wildman–Crippen LogP) is 3.96. The smallest absolute Gasteiger partial charge is 0.0681 e. The van der Waals surface area contributed by atoms with Crippen molar-refractivity contribution in [1.82, 2.24) is 0 Å². The van der Waals surface area contributed by atoms with E-state index < -0.39 is 0 Å². The summed E-state index contributed by atoms with van der Waals surface area (Å²) in [6.07, 6.45) is 5.42. The van der Waals surface area contributed by atoms with Gasteiger partial charge in [0.2, 0.25) is 0 Å². The maximum atomic E-state index is 8.88. The molecule has 0 bridgehead atoms. The van der Waals surface area contributed by atoms with E-state index in [0.717, 1.165) is 16.7 Å². The zero-order valence-electron chi connectivity index (χ0n) is 10.1. The van der Waals surface area contributed by atoms with Crippen molar-refractivity contribution in [2.24, 2.45) is 0 Å². The van der Waals surface area contributed by atoms with Crippen LogP contribution in [-0.4, -0.2) is 5.11 Å². The van der Waals surface area contributed by atoms with Crippen molar-refractivity contribution >= 4 is 5.57 Å². The van der Waals surface area contributed by atoms with E-state index in [0.29, 0.717) is 0 Å². The minimum atomic E-state index is 0.0782. The highest BCUT2D eigenvalue weighted by molar-refractivity contribution is 5.74. The summed E-state index contributed by atoms with van der Waals surface area (Å²) in [4.78, 5) is 0. The van der Waals surface area contributed by atoms with Crippen molar-refractivity contribution in [2.45, 2.75) is 20.5 Å². The lowest BCUT2D eigenvalue weighted by molar-refractivity contribution is 0.282. The molecule has 0 spiro atoms. The molecule has 1 N–H and O–H groups in total. The fourth-order valence-electron chi connectivity index (χ4n) is 1.21. The Morgan fingerprint density at radius 1 is 1.19 bits per heavy atom. The Morgan fingerprint density at radius 3 is 2.12 bits per heavy atom. The number of aliphatic hydroxyl groups excluding tert-OH is 1. The van der Waals surface area contributed by atoms with E-state index in [2.05, 4.69) is 13.2 Å². The Balaban J connectivity index is 0.00000106. The summed E-state index contributed by atoms with van der Waals surface area (Å²) >= 11 is 0. The van der Waals surface area contributed by atoms with E-state index in [1.807, 2.05) is 44.2 Å². The molecule has 0 saturated carbocycles. The van der Waals surface area contributed by atoms with Crippen LogP contribution in [0.4, 0.5) is 0 Å². The second-order valence-corrected chi connectivity index (χ2v) is 2.92. The first-order chi connectivity index (χ1) is 7.81. The van der Waals surface area contributed by atoms with Gasteiger partial charge in [0.15, 0.2) is 0 Å². The number of benzene rings is 1. The number of hydrogen-bond acceptors (Lipinski definition) is 1. The maximum Gasteiger partial charge on any atom is 0.0681 e. The van der Waals surface area contributed by atoms with Crippen LogP contribution in [-0.2, 0) is 6.61 Å². The van der Waals surface area contributed by atoms with Crippen molar-refractivity contribution in [3.63, 3.8) is 0 Å². The zero-order chi connectivity index (χ0) is 12.4. The molecule has 0 atom stereocenters. The summed E-state index contributed by atoms with van der Waals surface area (Å²) in [5.41, 5.74) is 3.03. The van der Waals surface area contributed by atoms with Gasteiger partial charge in [-0.25, -0.2) is 0 Å². The average molecular weight is 216 g/mol. The molecule has 1 nitrogen and oxygen atoms in total. The van der Waals surface area contributed by atoms with Gasteiger partial charge in [0.05, 0.1) is 6.61 Å². The summed E-state index contributed by atoms with van der Waals surface area (Å²) in [5, 5.41) is 8.88. The lowest BCUT2D eigenvalue weighted by Gasteiger charge is -2.02. The SMILES string of the molecule is C=C/C=C(\C=C)c1ccc(CO)cc1.CC. The first kappa shape index (κ1) is 14.4. The van der Waals surface area contributed by atoms with E-state index >= 15 is 0 Å². The van der Waals surface area contributed by atoms with Gasteiger partial charge in [0, 0.05) is 0 Å². The Kier molecular flexibility index (Phi) is 7.82. The summed E-state index contributed by atoms with van der Waals surface area (Å²) in [5.74, 6) is 0. The van der Waals surface area contributed by atoms with Crippen LogP contribution in [0.3, 0.4) is 0 Å². The van der Waals surface area contributed by atoms with Gasteiger partial charge in [0.25, 0.3) is 0 Å². The highest BCUT2D eigenvalue weighted by Gasteiger charge is 1.96. The summed E-state index contributed by atoms with van der Waals surface area (Å²) in [6.45, 7) is 11.5. The fourth-order valence-corrected chi connectivity index (χ4v) is 1.21. The molecule has 1 aromatic carbocycles. The first-order valence-electron chi connectivity index (χ1n) is 5.47. The normalized spacial score (nSPS) is 10.1. The van der Waals surface area contributed by atoms with Crippen LogP contribution >= 0.6 is 0 Å². The number of rotatable bonds is 4. The molecule has 0 aromatic heterocycles. The van der Waals surface area contributed by atoms with Gasteiger partial charge in [0.1, 0.15) is 0 Å². The summed E-state index contributed by atoms with van der Waals surface area (Å²) < 4.78 is 0. The summed E-state index contributed by atoms with van der Waals surface area (Å²) in [6, 6.07) is 7.72. The predicted molar refractivity (Wildman–Crippen MR) is 72.1 cm³/mol. The Labute approximate surface area is 98.4 Å². The minimum absolute atomic E-state index is 0.0782. The lowest BCUT2D eigenvalue weighted by Crippen LogP contribution is -1.84. The van der Waals surface area contributed by atoms with Crippen LogP contribution in [0.15, 0.2) is 55.7 Å². The van der Waals surface area contributed by atoms with Gasteiger partial charge in [-0.3, -0.25) is 0 Å². The van der Waals surface area contributed by atoms with Crippen LogP contribution in [0, 0.1) is 0 Å². The van der Waals surface area contributed by atoms with Gasteiger partial charge in [-0.1, -0.05) is 69.5 Å². The molecule has 1 aromatic rings. The van der Waals surface area contributed by atoms with Crippen molar-refractivity contribution < 1.29 is 5.11 Å². The van der Waals surface area contributed by atoms with Crippen LogP contribution < -0.4 is 0 Å². The fraction of sp³-hybridized carbons (Fsp3) is 0.200. The van der Waals surface area contributed by atoms with Crippen molar-refractivity contribution in [2.75, 3.05) is 0 Å². The second-order valence-electron chi connectivity index (χ2n) is 2.92. The molecular weight excluding hydrogens is 196 g/mol. The first-order valence-corrected chi connectivity index (χ1v) is 5.47. The van der Waals surface area contributed by atoms with Crippen molar-refractivity contribution in [3.8, 4) is 0 Å². The molecule has 86 valence electrons. The highest BCUT2D eigenvalue weighted by atomic mass is 16.3. The van der Waals surface area contributed by atoms with E-state index in [9.17, 15) is 0 Å². The Morgan fingerprint density at radius 2 is 1.75 bits per heavy atom. The molecule has 1 rings (SSSR count). The molecule has 0 saturated heterocycles. The Bertz CT molecular complexity index is 344. The van der Waals surface area contributed by atoms with Crippen LogP contribution in [0.2, 0.25) is 0 Å². The third-order valence-electron chi connectivity index (χ3n) is 1.99. The molecule has 0 amide bonds. The quantitative estimate of drug-likeness (QED) is 0.755. The molecular formula is C15H20O. The molecule has 0 heterocycles. The lowest BCUT2D eigenvalue weighted by atomic mass is 10.0. The van der Waals surface area contributed by atoms with Gasteiger partial charge in [-0.05, 0) is 16.7 Å². The molecule has 0 aliphatic heterocycles. The minimum Gasteiger partial charge on any atom is -0.392 e. The second kappa shape index (κ2) is 8.69. The van der Waals surface area contributed by atoms with Gasteiger partial charge < -0.3 is 5.11 Å². The third kappa shape index (κ3) is 4.28. The topological polar surface area (TPSA) is 20.2 Å². The number of hydrogen-bond donors (Lipinski definition) is 1. The van der Waals surface area contributed by atoms with Gasteiger partial charge in [-0.2, -0.15) is 0 Å². The van der Waals surface area contributed by atoms with E-state index in [1.165, 1.54) is 0 Å². The van der Waals surface area contributed by atoms with Crippen LogP contribution in [0.25, 0.3) is 5.57 Å². The van der Waals surface area contributed by atoms with E-state index in [1.54, 1.807) is 12.2 Å². The average Bonchev–Trinajstić information content (AvgIpc) is 2.38. The van der Waals surface area contributed by atoms with Gasteiger partial charge >= 0.3 is 0 Å². The van der Waals surface area contributed by atoms with Crippen LogP contribution in [0.5, 0.6) is 0 Å². The molecule has 0 unspecified atom stereocenters. The van der Waals surface area contributed by atoms with Gasteiger partial charge in [-0.15, -0.1) is 0 Å². The molecule has 16 heavy (non-hydrogen) atoms. The third-order valence-corrected chi connectivity index (χ3v) is 1.99. The maximum absolute atomic E-state index is 8.88. The highest BCUT2D eigenvalue weighted by Crippen LogP contribution is 2.16. The molecule has 0 fully saturated rings. The zero-order valence-corrected chi connectivity index (χ0v) is 10.1. The molecule has 1 heteroatoms. The molecule has 0 radical (unpaired) electrons. The monoisotopic (exact) mass is 216 g/mol. The van der Waals surface area contributed by atoms with Crippen LogP contribution in [0.1, 0.15) is 25.0 Å². The standard InChI is InChI=1S/C13H14O.C2H6/c1-3-5-12(4-2)13-8-6-11(10-14)7-9-13;1-2/h3-9,14H,1-2,10H2;1-2H3/b12-5+;. The number of allylic oxidation sites excluding steroid dienone is 4. The molecule has 0 aliphatic carbocycles.